The average molecular weight is 436 g/mol. The van der Waals surface area contributed by atoms with Crippen LogP contribution >= 0.6 is 0 Å². The van der Waals surface area contributed by atoms with Gasteiger partial charge >= 0.3 is 14.5 Å². The zero-order chi connectivity index (χ0) is 21.6. The molecule has 1 aromatic carbocycles. The molecular weight excluding hydrogens is 402 g/mol. The van der Waals surface area contributed by atoms with Crippen molar-refractivity contribution in [3.63, 3.8) is 0 Å². The molecule has 0 bridgehead atoms. The molecule has 0 fully saturated rings. The molecule has 0 aromatic heterocycles. The third-order valence-corrected chi connectivity index (χ3v) is 7.89. The Kier molecular flexibility index (Phi) is 13.6. The molecule has 166 valence electrons. The minimum Gasteiger partial charge on any atom is -0.638 e. The molecule has 0 saturated heterocycles. The molecule has 0 radical (unpaired) electrons. The highest BCUT2D eigenvalue weighted by Gasteiger charge is 2.31. The van der Waals surface area contributed by atoms with Gasteiger partial charge in [0.25, 0.3) is 0 Å². The molecule has 0 atom stereocenters. The second kappa shape index (κ2) is 15.1. The summed E-state index contributed by atoms with van der Waals surface area (Å²) in [5.41, 5.74) is 0. The highest BCUT2D eigenvalue weighted by Crippen LogP contribution is 2.31. The van der Waals surface area contributed by atoms with Gasteiger partial charge in [0.2, 0.25) is 29.1 Å². The summed E-state index contributed by atoms with van der Waals surface area (Å²) in [6.45, 7) is 4.28. The maximum Gasteiger partial charge on any atom is 0.546 e. The van der Waals surface area contributed by atoms with E-state index in [4.69, 9.17) is 3.79 Å². The van der Waals surface area contributed by atoms with Crippen LogP contribution in [0.15, 0.2) is 0 Å². The molecule has 1 rings (SSSR count). The van der Waals surface area contributed by atoms with Crippen LogP contribution in [0.3, 0.4) is 0 Å². The molecule has 1 aromatic rings. The van der Waals surface area contributed by atoms with E-state index < -0.39 is 49.3 Å². The zero-order valence-electron chi connectivity index (χ0n) is 17.8. The first-order valence-electron chi connectivity index (χ1n) is 11.1. The Bertz CT molecular complexity index is 552. The number of unbranched alkanes of at least 4 members (excludes halogenated alkanes) is 10. The van der Waals surface area contributed by atoms with Crippen molar-refractivity contribution >= 4 is 14.5 Å². The molecule has 29 heavy (non-hydrogen) atoms. The van der Waals surface area contributed by atoms with E-state index in [1.807, 2.05) is 0 Å². The van der Waals surface area contributed by atoms with Gasteiger partial charge in [0.15, 0.2) is 5.75 Å². The summed E-state index contributed by atoms with van der Waals surface area (Å²) in [6.07, 6.45) is 12.9. The summed E-state index contributed by atoms with van der Waals surface area (Å²) >= 11 is -2.13. The third-order valence-electron chi connectivity index (χ3n) is 5.21. The van der Waals surface area contributed by atoms with Crippen LogP contribution < -0.4 is 3.79 Å². The van der Waals surface area contributed by atoms with Gasteiger partial charge in [-0.15, -0.1) is 0 Å². The molecule has 0 saturated carbocycles. The normalized spacial score (nSPS) is 11.1. The smallest absolute Gasteiger partial charge is 0.546 e. The van der Waals surface area contributed by atoms with Gasteiger partial charge in [0.05, 0.1) is 0 Å². The van der Waals surface area contributed by atoms with Gasteiger partial charge in [-0.25, -0.2) is 13.2 Å². The van der Waals surface area contributed by atoms with Crippen molar-refractivity contribution in [3.8, 4) is 5.75 Å². The predicted octanol–water partition coefficient (Wildman–Crippen LogP) is 8.47. The predicted molar refractivity (Wildman–Crippen MR) is 109 cm³/mol. The average Bonchev–Trinajstić information content (AvgIpc) is 2.72. The SMILES string of the molecule is CCCCCCC[CH2][Al]([CH2]CCCCCCC)[O]c1c(F)c(F)c(F)c(F)c1F. The van der Waals surface area contributed by atoms with Crippen LogP contribution in [0.2, 0.25) is 10.6 Å². The molecule has 0 heterocycles. The van der Waals surface area contributed by atoms with Crippen LogP contribution in [0, 0.1) is 29.1 Å². The first kappa shape index (κ1) is 26.2. The van der Waals surface area contributed by atoms with Gasteiger partial charge < -0.3 is 3.79 Å². The Morgan fingerprint density at radius 1 is 0.517 bits per heavy atom. The summed E-state index contributed by atoms with van der Waals surface area (Å²) < 4.78 is 73.7. The number of rotatable bonds is 16. The molecule has 0 N–H and O–H groups in total. The summed E-state index contributed by atoms with van der Waals surface area (Å²) in [5.74, 6) is -10.8. The van der Waals surface area contributed by atoms with E-state index in [1.54, 1.807) is 0 Å². The van der Waals surface area contributed by atoms with E-state index in [0.29, 0.717) is 10.6 Å². The largest absolute Gasteiger partial charge is 0.638 e. The number of hydrogen-bond donors (Lipinski definition) is 0. The van der Waals surface area contributed by atoms with Crippen molar-refractivity contribution in [1.82, 2.24) is 0 Å². The molecule has 0 aliphatic heterocycles. The quantitative estimate of drug-likeness (QED) is 0.0830. The molecule has 0 spiro atoms. The van der Waals surface area contributed by atoms with Gasteiger partial charge in [0, 0.05) is 0 Å². The van der Waals surface area contributed by atoms with Crippen LogP contribution in [0.4, 0.5) is 22.0 Å². The van der Waals surface area contributed by atoms with Gasteiger partial charge in [0.1, 0.15) is 0 Å². The first-order chi connectivity index (χ1) is 13.9. The Hall–Kier alpha value is -0.798. The number of hydrogen-bond acceptors (Lipinski definition) is 1. The van der Waals surface area contributed by atoms with Crippen LogP contribution in [0.1, 0.15) is 90.9 Å². The number of halogens is 5. The van der Waals surface area contributed by atoms with Gasteiger partial charge in [-0.05, 0) is 0 Å². The standard InChI is InChI=1S/2C8H17.C6HF5O.Al/c2*1-3-5-7-8-6-4-2;7-1-2(8)4(10)6(12)5(11)3(1)9;/h2*1,3-8H2,2H3;12H;/q;;;+1/p-1. The Balaban J connectivity index is 2.70. The molecular formula is C22H34AlF5O. The van der Waals surface area contributed by atoms with Crippen molar-refractivity contribution < 1.29 is 25.7 Å². The zero-order valence-corrected chi connectivity index (χ0v) is 18.9. The fourth-order valence-corrected chi connectivity index (χ4v) is 5.97. The molecule has 0 aliphatic carbocycles. The fraction of sp³-hybridized carbons (Fsp3) is 0.727. The van der Waals surface area contributed by atoms with Gasteiger partial charge in [-0.1, -0.05) is 101 Å². The summed E-state index contributed by atoms with van der Waals surface area (Å²) in [5, 5.41) is 1.36. The third kappa shape index (κ3) is 9.26. The summed E-state index contributed by atoms with van der Waals surface area (Å²) in [6, 6.07) is 0. The van der Waals surface area contributed by atoms with Crippen molar-refractivity contribution in [2.24, 2.45) is 0 Å². The van der Waals surface area contributed by atoms with Crippen LogP contribution in [-0.2, 0) is 0 Å². The van der Waals surface area contributed by atoms with Crippen molar-refractivity contribution in [3.05, 3.63) is 29.1 Å². The molecule has 0 unspecified atom stereocenters. The number of benzene rings is 1. The van der Waals surface area contributed by atoms with Crippen molar-refractivity contribution in [2.45, 2.75) is 101 Å². The lowest BCUT2D eigenvalue weighted by atomic mass is 10.1. The van der Waals surface area contributed by atoms with E-state index >= 15 is 0 Å². The topological polar surface area (TPSA) is 9.23 Å². The summed E-state index contributed by atoms with van der Waals surface area (Å²) in [7, 11) is 0. The summed E-state index contributed by atoms with van der Waals surface area (Å²) in [4.78, 5) is 0. The van der Waals surface area contributed by atoms with Gasteiger partial charge in [-0.3, -0.25) is 0 Å². The van der Waals surface area contributed by atoms with E-state index in [2.05, 4.69) is 13.8 Å². The Morgan fingerprint density at radius 3 is 1.28 bits per heavy atom. The lowest BCUT2D eigenvalue weighted by molar-refractivity contribution is 0.347. The molecule has 0 amide bonds. The fourth-order valence-electron chi connectivity index (χ4n) is 3.42. The van der Waals surface area contributed by atoms with Crippen LogP contribution in [0.25, 0.3) is 0 Å². The van der Waals surface area contributed by atoms with E-state index in [1.165, 1.54) is 12.8 Å². The maximum atomic E-state index is 14.0. The van der Waals surface area contributed by atoms with E-state index in [0.717, 1.165) is 64.2 Å². The van der Waals surface area contributed by atoms with Gasteiger partial charge in [-0.2, -0.15) is 8.78 Å². The maximum absolute atomic E-state index is 14.0. The van der Waals surface area contributed by atoms with Crippen LogP contribution in [-0.4, -0.2) is 14.5 Å². The highest BCUT2D eigenvalue weighted by molar-refractivity contribution is 6.52. The lowest BCUT2D eigenvalue weighted by Crippen LogP contribution is -2.23. The molecule has 0 aliphatic rings. The monoisotopic (exact) mass is 436 g/mol. The van der Waals surface area contributed by atoms with E-state index in [-0.39, 0.29) is 0 Å². The van der Waals surface area contributed by atoms with Crippen molar-refractivity contribution in [1.29, 1.82) is 0 Å². The van der Waals surface area contributed by atoms with E-state index in [9.17, 15) is 22.0 Å². The second-order valence-electron chi connectivity index (χ2n) is 7.75. The first-order valence-corrected chi connectivity index (χ1v) is 13.2. The minimum atomic E-state index is -2.14. The Labute approximate surface area is 176 Å². The second-order valence-corrected chi connectivity index (χ2v) is 10.4. The molecule has 7 heteroatoms. The highest BCUT2D eigenvalue weighted by atomic mass is 27.2. The Morgan fingerprint density at radius 2 is 0.862 bits per heavy atom. The van der Waals surface area contributed by atoms with Crippen molar-refractivity contribution in [2.75, 3.05) is 0 Å². The minimum absolute atomic E-state index is 0.681. The van der Waals surface area contributed by atoms with Crippen LogP contribution in [0.5, 0.6) is 5.75 Å². The molecule has 1 nitrogen and oxygen atoms in total. The lowest BCUT2D eigenvalue weighted by Gasteiger charge is -2.17.